The Balaban J connectivity index is 1.58. The third-order valence-corrected chi connectivity index (χ3v) is 4.06. The van der Waals surface area contributed by atoms with Crippen LogP contribution in [0.2, 0.25) is 0 Å². The Morgan fingerprint density at radius 2 is 2.25 bits per heavy atom. The fourth-order valence-corrected chi connectivity index (χ4v) is 2.76. The van der Waals surface area contributed by atoms with E-state index in [4.69, 9.17) is 14.6 Å². The number of amides is 1. The van der Waals surface area contributed by atoms with Gasteiger partial charge in [-0.15, -0.1) is 0 Å². The number of carboxylic acid groups (broad SMARTS) is 1. The summed E-state index contributed by atoms with van der Waals surface area (Å²) >= 11 is 0. The summed E-state index contributed by atoms with van der Waals surface area (Å²) in [7, 11) is 0. The molecule has 0 bridgehead atoms. The molecule has 0 unspecified atom stereocenters. The highest BCUT2D eigenvalue weighted by atomic mass is 16.5. The van der Waals surface area contributed by atoms with Crippen LogP contribution < -0.4 is 10.1 Å². The predicted octanol–water partition coefficient (Wildman–Crippen LogP) is 2.23. The number of carbonyl (C=O) groups is 1. The monoisotopic (exact) mass is 331 g/mol. The molecule has 1 aliphatic rings. The van der Waals surface area contributed by atoms with E-state index in [2.05, 4.69) is 10.4 Å². The highest BCUT2D eigenvalue weighted by Crippen LogP contribution is 2.19. The van der Waals surface area contributed by atoms with Gasteiger partial charge in [-0.25, -0.2) is 9.48 Å². The van der Waals surface area contributed by atoms with Crippen molar-refractivity contribution in [1.82, 2.24) is 15.1 Å². The second kappa shape index (κ2) is 7.35. The lowest BCUT2D eigenvalue weighted by atomic mass is 9.97. The molecule has 0 aliphatic carbocycles. The van der Waals surface area contributed by atoms with Crippen molar-refractivity contribution in [2.75, 3.05) is 19.8 Å². The van der Waals surface area contributed by atoms with Gasteiger partial charge in [-0.3, -0.25) is 0 Å². The molecular formula is C17H21N3O4. The summed E-state index contributed by atoms with van der Waals surface area (Å²) in [5.41, 5.74) is 2.06. The van der Waals surface area contributed by atoms with Crippen LogP contribution in [0.3, 0.4) is 0 Å². The third-order valence-electron chi connectivity index (χ3n) is 4.06. The third kappa shape index (κ3) is 4.05. The lowest BCUT2D eigenvalue weighted by Gasteiger charge is -2.31. The SMILES string of the molecule is Cc1cnn(-c2ccc(OC[C@H]3COCC[C@H]3NC(=O)O)cc2)c1. The van der Waals surface area contributed by atoms with Crippen LogP contribution in [-0.2, 0) is 4.74 Å². The van der Waals surface area contributed by atoms with Gasteiger partial charge in [-0.2, -0.15) is 5.10 Å². The molecule has 128 valence electrons. The van der Waals surface area contributed by atoms with E-state index in [1.807, 2.05) is 43.6 Å². The number of nitrogens with one attached hydrogen (secondary N) is 1. The van der Waals surface area contributed by atoms with E-state index < -0.39 is 6.09 Å². The Hall–Kier alpha value is -2.54. The molecule has 2 aromatic rings. The first kappa shape index (κ1) is 16.3. The zero-order valence-electron chi connectivity index (χ0n) is 13.5. The average Bonchev–Trinajstić information content (AvgIpc) is 3.00. The lowest BCUT2D eigenvalue weighted by molar-refractivity contribution is 0.0140. The van der Waals surface area contributed by atoms with E-state index in [0.29, 0.717) is 26.2 Å². The first-order valence-electron chi connectivity index (χ1n) is 7.93. The molecule has 1 saturated heterocycles. The molecule has 2 heterocycles. The van der Waals surface area contributed by atoms with Gasteiger partial charge in [0.25, 0.3) is 0 Å². The first-order valence-corrected chi connectivity index (χ1v) is 7.93. The number of ether oxygens (including phenoxy) is 2. The Labute approximate surface area is 140 Å². The average molecular weight is 331 g/mol. The molecular weight excluding hydrogens is 310 g/mol. The minimum absolute atomic E-state index is 0.00305. The summed E-state index contributed by atoms with van der Waals surface area (Å²) in [6.45, 7) is 3.47. The van der Waals surface area contributed by atoms with Crippen molar-refractivity contribution in [2.45, 2.75) is 19.4 Å². The van der Waals surface area contributed by atoms with Crippen molar-refractivity contribution in [3.05, 3.63) is 42.2 Å². The molecule has 2 N–H and O–H groups in total. The number of benzene rings is 1. The van der Waals surface area contributed by atoms with Crippen LogP contribution in [0.15, 0.2) is 36.7 Å². The maximum Gasteiger partial charge on any atom is 0.404 e. The van der Waals surface area contributed by atoms with Crippen LogP contribution in [0.25, 0.3) is 5.69 Å². The summed E-state index contributed by atoms with van der Waals surface area (Å²) in [6, 6.07) is 7.51. The van der Waals surface area contributed by atoms with Crippen LogP contribution >= 0.6 is 0 Å². The molecule has 1 aromatic heterocycles. The second-order valence-corrected chi connectivity index (χ2v) is 5.95. The maximum absolute atomic E-state index is 10.9. The highest BCUT2D eigenvalue weighted by Gasteiger charge is 2.27. The van der Waals surface area contributed by atoms with Gasteiger partial charge in [-0.1, -0.05) is 0 Å². The summed E-state index contributed by atoms with van der Waals surface area (Å²) in [5, 5.41) is 15.7. The van der Waals surface area contributed by atoms with Gasteiger partial charge in [0.1, 0.15) is 5.75 Å². The second-order valence-electron chi connectivity index (χ2n) is 5.95. The molecule has 0 saturated carbocycles. The minimum Gasteiger partial charge on any atom is -0.493 e. The van der Waals surface area contributed by atoms with Crippen molar-refractivity contribution in [3.63, 3.8) is 0 Å². The van der Waals surface area contributed by atoms with Gasteiger partial charge < -0.3 is 19.9 Å². The van der Waals surface area contributed by atoms with E-state index in [1.165, 1.54) is 0 Å². The van der Waals surface area contributed by atoms with Crippen molar-refractivity contribution < 1.29 is 19.4 Å². The molecule has 2 atom stereocenters. The molecule has 1 fully saturated rings. The smallest absolute Gasteiger partial charge is 0.404 e. The van der Waals surface area contributed by atoms with Crippen LogP contribution in [0.5, 0.6) is 5.75 Å². The normalized spacial score (nSPS) is 20.5. The van der Waals surface area contributed by atoms with Crippen LogP contribution in [0.4, 0.5) is 4.79 Å². The van der Waals surface area contributed by atoms with E-state index in [1.54, 1.807) is 4.68 Å². The molecule has 1 aromatic carbocycles. The zero-order chi connectivity index (χ0) is 16.9. The number of aromatic nitrogens is 2. The molecule has 24 heavy (non-hydrogen) atoms. The molecule has 0 radical (unpaired) electrons. The quantitative estimate of drug-likeness (QED) is 0.877. The molecule has 0 spiro atoms. The maximum atomic E-state index is 10.9. The number of nitrogens with zero attached hydrogens (tertiary/aromatic N) is 2. The fraction of sp³-hybridized carbons (Fsp3) is 0.412. The van der Waals surface area contributed by atoms with E-state index in [0.717, 1.165) is 17.0 Å². The number of aryl methyl sites for hydroxylation is 1. The van der Waals surface area contributed by atoms with Crippen LogP contribution in [-0.4, -0.2) is 46.8 Å². The van der Waals surface area contributed by atoms with Crippen LogP contribution in [0.1, 0.15) is 12.0 Å². The standard InChI is InChI=1S/C17H21N3O4/c1-12-8-18-20(9-12)14-2-4-15(5-3-14)24-11-13-10-23-7-6-16(13)19-17(21)22/h2-5,8-9,13,16,19H,6-7,10-11H2,1H3,(H,21,22)/t13-,16-/m1/s1. The van der Waals surface area contributed by atoms with Crippen molar-refractivity contribution >= 4 is 6.09 Å². The highest BCUT2D eigenvalue weighted by molar-refractivity contribution is 5.64. The first-order chi connectivity index (χ1) is 11.6. The molecule has 7 heteroatoms. The Morgan fingerprint density at radius 1 is 1.46 bits per heavy atom. The minimum atomic E-state index is -1.01. The van der Waals surface area contributed by atoms with Gasteiger partial charge in [0.2, 0.25) is 0 Å². The fourth-order valence-electron chi connectivity index (χ4n) is 2.76. The van der Waals surface area contributed by atoms with Gasteiger partial charge >= 0.3 is 6.09 Å². The zero-order valence-corrected chi connectivity index (χ0v) is 13.5. The summed E-state index contributed by atoms with van der Waals surface area (Å²) in [6.07, 6.45) is 3.42. The van der Waals surface area contributed by atoms with Crippen LogP contribution in [0, 0.1) is 12.8 Å². The Bertz CT molecular complexity index is 683. The van der Waals surface area contributed by atoms with Gasteiger partial charge in [0.15, 0.2) is 0 Å². The van der Waals surface area contributed by atoms with Crippen molar-refractivity contribution in [3.8, 4) is 11.4 Å². The molecule has 3 rings (SSSR count). The number of hydrogen-bond acceptors (Lipinski definition) is 4. The van der Waals surface area contributed by atoms with Crippen molar-refractivity contribution in [2.24, 2.45) is 5.92 Å². The largest absolute Gasteiger partial charge is 0.493 e. The summed E-state index contributed by atoms with van der Waals surface area (Å²) < 4.78 is 13.1. The lowest BCUT2D eigenvalue weighted by Crippen LogP contribution is -2.47. The summed E-state index contributed by atoms with van der Waals surface area (Å²) in [4.78, 5) is 10.9. The predicted molar refractivity (Wildman–Crippen MR) is 87.7 cm³/mol. The molecule has 1 aliphatic heterocycles. The molecule has 1 amide bonds. The van der Waals surface area contributed by atoms with Gasteiger partial charge in [-0.05, 0) is 43.2 Å². The Morgan fingerprint density at radius 3 is 2.92 bits per heavy atom. The van der Waals surface area contributed by atoms with Gasteiger partial charge in [0.05, 0.1) is 25.1 Å². The number of hydrogen-bond donors (Lipinski definition) is 2. The number of rotatable bonds is 5. The summed E-state index contributed by atoms with van der Waals surface area (Å²) in [5.74, 6) is 0.741. The van der Waals surface area contributed by atoms with E-state index in [9.17, 15) is 4.79 Å². The van der Waals surface area contributed by atoms with E-state index in [-0.39, 0.29) is 12.0 Å². The van der Waals surface area contributed by atoms with Crippen molar-refractivity contribution in [1.29, 1.82) is 0 Å². The van der Waals surface area contributed by atoms with Gasteiger partial charge in [0, 0.05) is 24.8 Å². The van der Waals surface area contributed by atoms with E-state index >= 15 is 0 Å². The Kier molecular flexibility index (Phi) is 5.00. The molecule has 7 nitrogen and oxygen atoms in total. The topological polar surface area (TPSA) is 85.6 Å².